The molecule has 0 N–H and O–H groups in total. The highest BCUT2D eigenvalue weighted by atomic mass is 16.6. The Hall–Kier alpha value is -4.00. The molecule has 0 spiro atoms. The summed E-state index contributed by atoms with van der Waals surface area (Å²) in [6.45, 7) is 0.338. The third kappa shape index (κ3) is 4.61. The number of hydrogen-bond donors (Lipinski definition) is 0. The highest BCUT2D eigenvalue weighted by Gasteiger charge is 2.38. The standard InChI is InChI=1S/C30H28N2O4/c1-33-28-26(20-31-29(32-28)34-2)27-19-18-25(36-27)21-35-30(22-12-6-3-7-13-22,23-14-8-4-9-15-23)24-16-10-5-11-17-24/h3-20,25,27H,21H2,1-2H3/t25-,27-/m1/s1. The van der Waals surface area contributed by atoms with Crippen LogP contribution in [0.2, 0.25) is 0 Å². The van der Waals surface area contributed by atoms with Gasteiger partial charge in [-0.1, -0.05) is 103 Å². The molecule has 1 aromatic heterocycles. The van der Waals surface area contributed by atoms with E-state index in [1.807, 2.05) is 66.7 Å². The van der Waals surface area contributed by atoms with Gasteiger partial charge in [-0.2, -0.15) is 4.98 Å². The molecule has 0 unspecified atom stereocenters. The Labute approximate surface area is 211 Å². The quantitative estimate of drug-likeness (QED) is 0.233. The maximum absolute atomic E-state index is 6.89. The highest BCUT2D eigenvalue weighted by molar-refractivity contribution is 5.47. The normalized spacial score (nSPS) is 17.2. The van der Waals surface area contributed by atoms with Crippen molar-refractivity contribution >= 4 is 0 Å². The van der Waals surface area contributed by atoms with E-state index in [1.54, 1.807) is 13.3 Å². The van der Waals surface area contributed by atoms with Crippen LogP contribution in [0.25, 0.3) is 0 Å². The molecule has 3 aromatic carbocycles. The van der Waals surface area contributed by atoms with Crippen LogP contribution in [0.3, 0.4) is 0 Å². The van der Waals surface area contributed by atoms with Crippen molar-refractivity contribution in [2.24, 2.45) is 0 Å². The summed E-state index contributed by atoms with van der Waals surface area (Å²) < 4.78 is 23.8. The lowest BCUT2D eigenvalue weighted by atomic mass is 9.80. The van der Waals surface area contributed by atoms with E-state index in [4.69, 9.17) is 18.9 Å². The fraction of sp³-hybridized carbons (Fsp3) is 0.200. The molecule has 182 valence electrons. The van der Waals surface area contributed by atoms with Gasteiger partial charge in [-0.3, -0.25) is 0 Å². The number of benzene rings is 3. The first kappa shape index (κ1) is 23.7. The van der Waals surface area contributed by atoms with Crippen LogP contribution in [0.15, 0.2) is 109 Å². The van der Waals surface area contributed by atoms with E-state index in [2.05, 4.69) is 46.4 Å². The zero-order valence-electron chi connectivity index (χ0n) is 20.3. The minimum absolute atomic E-state index is 0.246. The summed E-state index contributed by atoms with van der Waals surface area (Å²) in [5.74, 6) is 0.422. The van der Waals surface area contributed by atoms with Crippen LogP contribution < -0.4 is 9.47 Å². The van der Waals surface area contributed by atoms with Crippen LogP contribution in [0.1, 0.15) is 28.4 Å². The van der Waals surface area contributed by atoms with Crippen LogP contribution in [0.4, 0.5) is 0 Å². The molecule has 0 saturated carbocycles. The van der Waals surface area contributed by atoms with Gasteiger partial charge < -0.3 is 18.9 Å². The van der Waals surface area contributed by atoms with Gasteiger partial charge in [0.25, 0.3) is 0 Å². The maximum Gasteiger partial charge on any atom is 0.319 e. The van der Waals surface area contributed by atoms with Crippen molar-refractivity contribution in [2.75, 3.05) is 20.8 Å². The topological polar surface area (TPSA) is 62.7 Å². The SMILES string of the molecule is COc1ncc([C@H]2C=C[C@H](COC(c3ccccc3)(c3ccccc3)c3ccccc3)O2)c(OC)n1. The Morgan fingerprint density at radius 2 is 1.31 bits per heavy atom. The van der Waals surface area contributed by atoms with Gasteiger partial charge in [0, 0.05) is 6.20 Å². The van der Waals surface area contributed by atoms with Gasteiger partial charge in [0.15, 0.2) is 0 Å². The molecule has 6 heteroatoms. The predicted molar refractivity (Wildman–Crippen MR) is 137 cm³/mol. The number of methoxy groups -OCH3 is 2. The molecular formula is C30H28N2O4. The monoisotopic (exact) mass is 480 g/mol. The van der Waals surface area contributed by atoms with E-state index in [-0.39, 0.29) is 18.2 Å². The average Bonchev–Trinajstić information content (AvgIpc) is 3.43. The Kier molecular flexibility index (Phi) is 7.07. The fourth-order valence-corrected chi connectivity index (χ4v) is 4.57. The third-order valence-electron chi connectivity index (χ3n) is 6.27. The average molecular weight is 481 g/mol. The summed E-state index contributed by atoms with van der Waals surface area (Å²) in [4.78, 5) is 8.50. The molecule has 4 aromatic rings. The van der Waals surface area contributed by atoms with Gasteiger partial charge in [-0.25, -0.2) is 4.98 Å². The second-order valence-corrected chi connectivity index (χ2v) is 8.39. The van der Waals surface area contributed by atoms with Crippen molar-refractivity contribution in [3.05, 3.63) is 132 Å². The van der Waals surface area contributed by atoms with Crippen molar-refractivity contribution in [3.63, 3.8) is 0 Å². The smallest absolute Gasteiger partial charge is 0.319 e. The van der Waals surface area contributed by atoms with Crippen LogP contribution >= 0.6 is 0 Å². The molecule has 1 aliphatic rings. The van der Waals surface area contributed by atoms with Crippen molar-refractivity contribution in [1.29, 1.82) is 0 Å². The van der Waals surface area contributed by atoms with Crippen LogP contribution in [-0.4, -0.2) is 36.9 Å². The summed E-state index contributed by atoms with van der Waals surface area (Å²) in [6.07, 6.45) is 5.05. The number of hydrogen-bond acceptors (Lipinski definition) is 6. The van der Waals surface area contributed by atoms with Gasteiger partial charge in [0.2, 0.25) is 5.88 Å². The van der Waals surface area contributed by atoms with Crippen molar-refractivity contribution < 1.29 is 18.9 Å². The lowest BCUT2D eigenvalue weighted by molar-refractivity contribution is -0.0544. The second-order valence-electron chi connectivity index (χ2n) is 8.39. The first-order valence-electron chi connectivity index (χ1n) is 11.8. The Morgan fingerprint density at radius 3 is 1.81 bits per heavy atom. The fourth-order valence-electron chi connectivity index (χ4n) is 4.57. The highest BCUT2D eigenvalue weighted by Crippen LogP contribution is 2.41. The number of ether oxygens (including phenoxy) is 4. The lowest BCUT2D eigenvalue weighted by Gasteiger charge is -2.36. The van der Waals surface area contributed by atoms with E-state index in [9.17, 15) is 0 Å². The van der Waals surface area contributed by atoms with Crippen LogP contribution in [0, 0.1) is 0 Å². The van der Waals surface area contributed by atoms with Gasteiger partial charge in [-0.05, 0) is 16.7 Å². The minimum atomic E-state index is -0.806. The molecule has 5 rings (SSSR count). The second kappa shape index (κ2) is 10.7. The van der Waals surface area contributed by atoms with E-state index in [0.29, 0.717) is 12.5 Å². The van der Waals surface area contributed by atoms with Gasteiger partial charge >= 0.3 is 6.01 Å². The van der Waals surface area contributed by atoms with Crippen molar-refractivity contribution in [2.45, 2.75) is 17.8 Å². The largest absolute Gasteiger partial charge is 0.481 e. The van der Waals surface area contributed by atoms with E-state index in [1.165, 1.54) is 7.11 Å². The summed E-state index contributed by atoms with van der Waals surface area (Å²) in [5, 5.41) is 0. The summed E-state index contributed by atoms with van der Waals surface area (Å²) in [7, 11) is 3.09. The lowest BCUT2D eigenvalue weighted by Crippen LogP contribution is -2.35. The molecule has 36 heavy (non-hydrogen) atoms. The van der Waals surface area contributed by atoms with Gasteiger partial charge in [0.1, 0.15) is 17.8 Å². The summed E-state index contributed by atoms with van der Waals surface area (Å²) in [5.41, 5.74) is 3.07. The molecular weight excluding hydrogens is 452 g/mol. The Balaban J connectivity index is 1.45. The van der Waals surface area contributed by atoms with E-state index < -0.39 is 5.60 Å². The van der Waals surface area contributed by atoms with E-state index in [0.717, 1.165) is 22.3 Å². The van der Waals surface area contributed by atoms with Gasteiger partial charge in [-0.15, -0.1) is 0 Å². The molecule has 1 aliphatic heterocycles. The minimum Gasteiger partial charge on any atom is -0.481 e. The molecule has 2 atom stereocenters. The molecule has 0 bridgehead atoms. The first-order chi connectivity index (χ1) is 17.7. The first-order valence-corrected chi connectivity index (χ1v) is 11.8. The zero-order valence-corrected chi connectivity index (χ0v) is 20.3. The predicted octanol–water partition coefficient (Wildman–Crippen LogP) is 5.50. The Morgan fingerprint density at radius 1 is 0.750 bits per heavy atom. The number of nitrogens with zero attached hydrogens (tertiary/aromatic N) is 2. The van der Waals surface area contributed by atoms with Crippen molar-refractivity contribution in [1.82, 2.24) is 9.97 Å². The summed E-state index contributed by atoms with van der Waals surface area (Å²) in [6, 6.07) is 31.2. The third-order valence-corrected chi connectivity index (χ3v) is 6.27. The molecule has 6 nitrogen and oxygen atoms in total. The Bertz CT molecular complexity index is 1200. The van der Waals surface area contributed by atoms with E-state index >= 15 is 0 Å². The van der Waals surface area contributed by atoms with Crippen LogP contribution in [0.5, 0.6) is 11.9 Å². The molecule has 0 saturated heterocycles. The molecule has 0 amide bonds. The molecule has 2 heterocycles. The van der Waals surface area contributed by atoms with Crippen LogP contribution in [-0.2, 0) is 15.1 Å². The van der Waals surface area contributed by atoms with Crippen molar-refractivity contribution in [3.8, 4) is 11.9 Å². The van der Waals surface area contributed by atoms with Gasteiger partial charge in [0.05, 0.1) is 26.4 Å². The maximum atomic E-state index is 6.89. The zero-order chi connectivity index (χ0) is 24.8. The molecule has 0 radical (unpaired) electrons. The number of rotatable bonds is 9. The molecule has 0 fully saturated rings. The number of aromatic nitrogens is 2. The summed E-state index contributed by atoms with van der Waals surface area (Å²) >= 11 is 0. The molecule has 0 aliphatic carbocycles.